The average molecular weight is 373 g/mol. The van der Waals surface area contributed by atoms with Crippen LogP contribution in [0.2, 0.25) is 0 Å². The molecule has 3 aromatic rings. The van der Waals surface area contributed by atoms with Gasteiger partial charge in [-0.3, -0.25) is 4.79 Å². The molecule has 0 radical (unpaired) electrons. The molecule has 1 fully saturated rings. The third-order valence-corrected chi connectivity index (χ3v) is 5.22. The normalized spacial score (nSPS) is 15.7. The van der Waals surface area contributed by atoms with Crippen molar-refractivity contribution in [3.8, 4) is 23.0 Å². The molecule has 0 spiro atoms. The Balaban J connectivity index is 1.39. The molecule has 0 atom stereocenters. The zero-order valence-corrected chi connectivity index (χ0v) is 15.2. The van der Waals surface area contributed by atoms with Crippen LogP contribution in [0.5, 0.6) is 23.0 Å². The Bertz CT molecular complexity index is 1030. The smallest absolute Gasteiger partial charge is 0.235 e. The predicted molar refractivity (Wildman–Crippen MR) is 105 cm³/mol. The third kappa shape index (κ3) is 2.95. The average Bonchev–Trinajstić information content (AvgIpc) is 3.41. The van der Waals surface area contributed by atoms with Gasteiger partial charge in [-0.2, -0.15) is 0 Å². The summed E-state index contributed by atoms with van der Waals surface area (Å²) in [5.41, 5.74) is 1.08. The van der Waals surface area contributed by atoms with E-state index in [0.717, 1.165) is 29.9 Å². The molecule has 0 saturated heterocycles. The highest BCUT2D eigenvalue weighted by molar-refractivity contribution is 6.02. The van der Waals surface area contributed by atoms with Gasteiger partial charge in [-0.1, -0.05) is 36.4 Å². The van der Waals surface area contributed by atoms with E-state index in [-0.39, 0.29) is 12.7 Å². The van der Waals surface area contributed by atoms with E-state index in [2.05, 4.69) is 5.32 Å². The molecule has 1 heterocycles. The van der Waals surface area contributed by atoms with Gasteiger partial charge >= 0.3 is 0 Å². The topological polar surface area (TPSA) is 56.8 Å². The van der Waals surface area contributed by atoms with E-state index in [4.69, 9.17) is 14.2 Å². The molecule has 140 valence electrons. The number of anilines is 1. The summed E-state index contributed by atoms with van der Waals surface area (Å²) in [7, 11) is 0. The summed E-state index contributed by atoms with van der Waals surface area (Å²) in [6, 6.07) is 22.7. The Kier molecular flexibility index (Phi) is 3.93. The minimum atomic E-state index is -0.527. The van der Waals surface area contributed by atoms with Crippen molar-refractivity contribution < 1.29 is 19.0 Å². The number of amides is 1. The maximum Gasteiger partial charge on any atom is 0.235 e. The van der Waals surface area contributed by atoms with Crippen LogP contribution < -0.4 is 19.5 Å². The fourth-order valence-electron chi connectivity index (χ4n) is 3.48. The largest absolute Gasteiger partial charge is 0.455 e. The number of fused-ring (bicyclic) bond motifs is 1. The molecule has 0 aromatic heterocycles. The molecule has 28 heavy (non-hydrogen) atoms. The summed E-state index contributed by atoms with van der Waals surface area (Å²) in [6.07, 6.45) is 1.61. The lowest BCUT2D eigenvalue weighted by molar-refractivity contribution is -0.118. The van der Waals surface area contributed by atoms with Gasteiger partial charge in [0.1, 0.15) is 5.75 Å². The lowest BCUT2D eigenvalue weighted by Crippen LogP contribution is -2.28. The van der Waals surface area contributed by atoms with Gasteiger partial charge < -0.3 is 19.5 Å². The van der Waals surface area contributed by atoms with E-state index < -0.39 is 5.41 Å². The molecule has 0 bridgehead atoms. The van der Waals surface area contributed by atoms with E-state index >= 15 is 0 Å². The lowest BCUT2D eigenvalue weighted by Gasteiger charge is -2.18. The quantitative estimate of drug-likeness (QED) is 0.693. The van der Waals surface area contributed by atoms with Gasteiger partial charge in [-0.25, -0.2) is 0 Å². The van der Waals surface area contributed by atoms with Crippen molar-refractivity contribution in [2.45, 2.75) is 18.3 Å². The first-order chi connectivity index (χ1) is 13.7. The highest BCUT2D eigenvalue weighted by Gasteiger charge is 2.51. The molecule has 5 heteroatoms. The minimum absolute atomic E-state index is 0.0320. The first-order valence-corrected chi connectivity index (χ1v) is 9.28. The summed E-state index contributed by atoms with van der Waals surface area (Å²) in [6.45, 7) is 0.224. The highest BCUT2D eigenvalue weighted by Crippen LogP contribution is 2.51. The number of carbonyl (C=O) groups excluding carboxylic acids is 1. The van der Waals surface area contributed by atoms with Crippen molar-refractivity contribution in [2.24, 2.45) is 0 Å². The summed E-state index contributed by atoms with van der Waals surface area (Å²) in [5.74, 6) is 2.73. The summed E-state index contributed by atoms with van der Waals surface area (Å²) >= 11 is 0. The monoisotopic (exact) mass is 373 g/mol. The van der Waals surface area contributed by atoms with Crippen molar-refractivity contribution in [1.82, 2.24) is 0 Å². The van der Waals surface area contributed by atoms with Crippen LogP contribution in [-0.2, 0) is 10.2 Å². The molecule has 1 N–H and O–H groups in total. The molecule has 5 rings (SSSR count). The SMILES string of the molecule is O=C(Nc1ccccc1Oc1ccccc1)C1(c2ccc3c(c2)OCO3)CC1. The fourth-order valence-corrected chi connectivity index (χ4v) is 3.48. The molecule has 2 aliphatic rings. The van der Waals surface area contributed by atoms with E-state index in [1.165, 1.54) is 0 Å². The maximum atomic E-state index is 13.2. The van der Waals surface area contributed by atoms with Crippen molar-refractivity contribution in [3.63, 3.8) is 0 Å². The molecular formula is C23H19NO4. The standard InChI is InChI=1S/C23H19NO4/c25-22(23(12-13-23)16-10-11-20-21(14-16)27-15-26-20)24-18-8-4-5-9-19(18)28-17-6-2-1-3-7-17/h1-11,14H,12-13,15H2,(H,24,25). The molecule has 0 unspecified atom stereocenters. The van der Waals surface area contributed by atoms with Gasteiger partial charge in [0.25, 0.3) is 0 Å². The van der Waals surface area contributed by atoms with Crippen molar-refractivity contribution >= 4 is 11.6 Å². The molecular weight excluding hydrogens is 354 g/mol. The van der Waals surface area contributed by atoms with Crippen LogP contribution in [0.1, 0.15) is 18.4 Å². The zero-order chi connectivity index (χ0) is 19.0. The van der Waals surface area contributed by atoms with Crippen LogP contribution in [0, 0.1) is 0 Å². The third-order valence-electron chi connectivity index (χ3n) is 5.22. The number of rotatable bonds is 5. The van der Waals surface area contributed by atoms with E-state index in [0.29, 0.717) is 17.2 Å². The van der Waals surface area contributed by atoms with Crippen molar-refractivity contribution in [1.29, 1.82) is 0 Å². The van der Waals surface area contributed by atoms with Crippen LogP contribution in [0.15, 0.2) is 72.8 Å². The molecule has 3 aromatic carbocycles. The summed E-state index contributed by atoms with van der Waals surface area (Å²) in [5, 5.41) is 3.06. The number of ether oxygens (including phenoxy) is 3. The second-order valence-corrected chi connectivity index (χ2v) is 7.02. The van der Waals surface area contributed by atoms with Crippen LogP contribution in [0.25, 0.3) is 0 Å². The Morgan fingerprint density at radius 3 is 2.46 bits per heavy atom. The van der Waals surface area contributed by atoms with E-state index in [1.54, 1.807) is 0 Å². The van der Waals surface area contributed by atoms with Gasteiger partial charge in [-0.05, 0) is 54.8 Å². The van der Waals surface area contributed by atoms with Crippen molar-refractivity contribution in [3.05, 3.63) is 78.4 Å². The number of nitrogens with one attached hydrogen (secondary N) is 1. The molecule has 1 saturated carbocycles. The van der Waals surface area contributed by atoms with Gasteiger partial charge in [0.05, 0.1) is 11.1 Å². The predicted octanol–water partition coefficient (Wildman–Crippen LogP) is 4.88. The Morgan fingerprint density at radius 2 is 1.64 bits per heavy atom. The van der Waals surface area contributed by atoms with Crippen LogP contribution in [0.3, 0.4) is 0 Å². The number of hydrogen-bond acceptors (Lipinski definition) is 4. The lowest BCUT2D eigenvalue weighted by atomic mass is 9.94. The summed E-state index contributed by atoms with van der Waals surface area (Å²) < 4.78 is 16.8. The first kappa shape index (κ1) is 16.7. The fraction of sp³-hybridized carbons (Fsp3) is 0.174. The Hall–Kier alpha value is -3.47. The van der Waals surface area contributed by atoms with Gasteiger partial charge in [0.15, 0.2) is 17.2 Å². The molecule has 1 amide bonds. The van der Waals surface area contributed by atoms with E-state index in [9.17, 15) is 4.79 Å². The van der Waals surface area contributed by atoms with Crippen LogP contribution in [-0.4, -0.2) is 12.7 Å². The van der Waals surface area contributed by atoms with Gasteiger partial charge in [-0.15, -0.1) is 0 Å². The molecule has 5 nitrogen and oxygen atoms in total. The number of hydrogen-bond donors (Lipinski definition) is 1. The Labute approximate surface area is 162 Å². The van der Waals surface area contributed by atoms with Crippen LogP contribution >= 0.6 is 0 Å². The number of benzene rings is 3. The van der Waals surface area contributed by atoms with Gasteiger partial charge in [0.2, 0.25) is 12.7 Å². The Morgan fingerprint density at radius 1 is 0.893 bits per heavy atom. The van der Waals surface area contributed by atoms with Gasteiger partial charge in [0, 0.05) is 0 Å². The van der Waals surface area contributed by atoms with Crippen molar-refractivity contribution in [2.75, 3.05) is 12.1 Å². The number of para-hydroxylation sites is 3. The second-order valence-electron chi connectivity index (χ2n) is 7.02. The first-order valence-electron chi connectivity index (χ1n) is 9.28. The van der Waals surface area contributed by atoms with Crippen LogP contribution in [0.4, 0.5) is 5.69 Å². The molecule has 1 aliphatic heterocycles. The minimum Gasteiger partial charge on any atom is -0.455 e. The maximum absolute atomic E-state index is 13.2. The summed E-state index contributed by atoms with van der Waals surface area (Å²) in [4.78, 5) is 13.2. The highest BCUT2D eigenvalue weighted by atomic mass is 16.7. The second kappa shape index (κ2) is 6.60. The molecule has 1 aliphatic carbocycles. The zero-order valence-electron chi connectivity index (χ0n) is 15.2. The van der Waals surface area contributed by atoms with E-state index in [1.807, 2.05) is 72.8 Å². The number of carbonyl (C=O) groups is 1.